The van der Waals surface area contributed by atoms with Crippen LogP contribution >= 0.6 is 0 Å². The van der Waals surface area contributed by atoms with Crippen molar-refractivity contribution in [3.05, 3.63) is 40.8 Å². The van der Waals surface area contributed by atoms with E-state index in [4.69, 9.17) is 5.73 Å². The van der Waals surface area contributed by atoms with Crippen LogP contribution in [0.25, 0.3) is 5.82 Å². The molecule has 21 heavy (non-hydrogen) atoms. The summed E-state index contributed by atoms with van der Waals surface area (Å²) >= 11 is 0. The van der Waals surface area contributed by atoms with Crippen molar-refractivity contribution in [2.75, 3.05) is 0 Å². The third kappa shape index (κ3) is 1.80. The molecule has 108 valence electrons. The van der Waals surface area contributed by atoms with E-state index < -0.39 is 5.91 Å². The normalized spacial score (nSPS) is 26.1. The second kappa shape index (κ2) is 3.93. The smallest absolute Gasteiger partial charge is 0.269 e. The zero-order chi connectivity index (χ0) is 14.8. The van der Waals surface area contributed by atoms with Gasteiger partial charge in [0.15, 0.2) is 11.5 Å². The van der Waals surface area contributed by atoms with Crippen LogP contribution in [-0.4, -0.2) is 20.7 Å². The molecule has 1 amide bonds. The van der Waals surface area contributed by atoms with Crippen LogP contribution in [0.15, 0.2) is 18.3 Å². The minimum atomic E-state index is -0.443. The second-order valence-electron chi connectivity index (χ2n) is 6.68. The van der Waals surface area contributed by atoms with Gasteiger partial charge in [-0.05, 0) is 55.2 Å². The van der Waals surface area contributed by atoms with Crippen molar-refractivity contribution in [2.24, 2.45) is 17.1 Å². The molecule has 0 saturated heterocycles. The van der Waals surface area contributed by atoms with Crippen LogP contribution in [0.4, 0.5) is 0 Å². The Morgan fingerprint density at radius 1 is 1.52 bits per heavy atom. The van der Waals surface area contributed by atoms with Crippen LogP contribution in [0, 0.1) is 18.3 Å². The Morgan fingerprint density at radius 3 is 3.05 bits per heavy atom. The Morgan fingerprint density at radius 2 is 2.33 bits per heavy atom. The number of hydrogen-bond acceptors (Lipinski definition) is 3. The standard InChI is InChI=1S/C16H18N4O/c1-9-3-4-18-13(5-9)20-12-8-16(2)7-10(16)6-11(12)14(19-20)15(17)21/h3-5,10H,6-8H2,1-2H3,(H2,17,21)/t10-,16-/m1/s1. The van der Waals surface area contributed by atoms with Gasteiger partial charge in [-0.25, -0.2) is 9.67 Å². The Labute approximate surface area is 123 Å². The molecule has 2 aliphatic carbocycles. The maximum Gasteiger partial charge on any atom is 0.269 e. The highest BCUT2D eigenvalue weighted by Crippen LogP contribution is 2.59. The number of carbonyl (C=O) groups is 1. The molecule has 2 aromatic rings. The van der Waals surface area contributed by atoms with Crippen molar-refractivity contribution >= 4 is 5.91 Å². The molecule has 2 N–H and O–H groups in total. The number of rotatable bonds is 2. The molecular formula is C16H18N4O. The number of carbonyl (C=O) groups excluding carboxylic acids is 1. The molecule has 1 fully saturated rings. The molecular weight excluding hydrogens is 264 g/mol. The van der Waals surface area contributed by atoms with Crippen LogP contribution in [0.5, 0.6) is 0 Å². The van der Waals surface area contributed by atoms with Gasteiger partial charge in [0.2, 0.25) is 0 Å². The summed E-state index contributed by atoms with van der Waals surface area (Å²) in [4.78, 5) is 16.1. The third-order valence-electron chi connectivity index (χ3n) is 5.00. The largest absolute Gasteiger partial charge is 0.364 e. The van der Waals surface area contributed by atoms with Gasteiger partial charge in [-0.3, -0.25) is 4.79 Å². The minimum Gasteiger partial charge on any atom is -0.364 e. The number of hydrogen-bond donors (Lipinski definition) is 1. The van der Waals surface area contributed by atoms with Crippen LogP contribution < -0.4 is 5.73 Å². The zero-order valence-corrected chi connectivity index (χ0v) is 12.3. The minimum absolute atomic E-state index is 0.365. The number of aromatic nitrogens is 3. The summed E-state index contributed by atoms with van der Waals surface area (Å²) in [5.41, 5.74) is 9.56. The van der Waals surface area contributed by atoms with Crippen LogP contribution in [0.3, 0.4) is 0 Å². The lowest BCUT2D eigenvalue weighted by Crippen LogP contribution is -2.18. The molecule has 0 radical (unpaired) electrons. The average Bonchev–Trinajstić information content (AvgIpc) is 2.94. The Balaban J connectivity index is 1.90. The molecule has 0 bridgehead atoms. The van der Waals surface area contributed by atoms with Gasteiger partial charge < -0.3 is 5.73 Å². The topological polar surface area (TPSA) is 73.8 Å². The molecule has 2 atom stereocenters. The number of primary amides is 1. The van der Waals surface area contributed by atoms with Crippen molar-refractivity contribution in [1.82, 2.24) is 14.8 Å². The number of aryl methyl sites for hydroxylation is 1. The summed E-state index contributed by atoms with van der Waals surface area (Å²) in [5, 5.41) is 4.47. The van der Waals surface area contributed by atoms with Gasteiger partial charge in [0.05, 0.1) is 5.69 Å². The SMILES string of the molecule is Cc1ccnc(-n2nc(C(N)=O)c3c2C[C@@]2(C)C[C@H]2C3)c1. The molecule has 0 aromatic carbocycles. The van der Waals surface area contributed by atoms with Crippen LogP contribution in [0.2, 0.25) is 0 Å². The second-order valence-corrected chi connectivity index (χ2v) is 6.68. The first kappa shape index (κ1) is 12.6. The van der Waals surface area contributed by atoms with E-state index in [2.05, 4.69) is 17.0 Å². The number of fused-ring (bicyclic) bond motifs is 2. The van der Waals surface area contributed by atoms with Gasteiger partial charge in [-0.15, -0.1) is 0 Å². The first-order valence-electron chi connectivity index (χ1n) is 7.31. The number of nitrogens with two attached hydrogens (primary N) is 1. The van der Waals surface area contributed by atoms with Gasteiger partial charge in [-0.2, -0.15) is 5.10 Å². The van der Waals surface area contributed by atoms with E-state index in [-0.39, 0.29) is 0 Å². The molecule has 0 aliphatic heterocycles. The summed E-state index contributed by atoms with van der Waals surface area (Å²) in [6.45, 7) is 4.33. The summed E-state index contributed by atoms with van der Waals surface area (Å²) < 4.78 is 1.82. The van der Waals surface area contributed by atoms with Crippen LogP contribution in [-0.2, 0) is 12.8 Å². The van der Waals surface area contributed by atoms with Crippen molar-refractivity contribution in [2.45, 2.75) is 33.1 Å². The molecule has 0 spiro atoms. The quantitative estimate of drug-likeness (QED) is 0.912. The molecule has 4 rings (SSSR count). The van der Waals surface area contributed by atoms with Gasteiger partial charge >= 0.3 is 0 Å². The molecule has 1 saturated carbocycles. The first-order valence-corrected chi connectivity index (χ1v) is 7.31. The molecule has 2 heterocycles. The average molecular weight is 282 g/mol. The van der Waals surface area contributed by atoms with Crippen LogP contribution in [0.1, 0.15) is 40.7 Å². The first-order chi connectivity index (χ1) is 9.98. The third-order valence-corrected chi connectivity index (χ3v) is 5.00. The lowest BCUT2D eigenvalue weighted by molar-refractivity contribution is 0.0994. The Kier molecular flexibility index (Phi) is 2.35. The maximum atomic E-state index is 11.7. The summed E-state index contributed by atoms with van der Waals surface area (Å²) in [6.07, 6.45) is 4.85. The van der Waals surface area contributed by atoms with Crippen molar-refractivity contribution in [3.63, 3.8) is 0 Å². The van der Waals surface area contributed by atoms with E-state index >= 15 is 0 Å². The molecule has 2 aromatic heterocycles. The number of amides is 1. The van der Waals surface area contributed by atoms with Crippen molar-refractivity contribution in [3.8, 4) is 5.82 Å². The highest BCUT2D eigenvalue weighted by atomic mass is 16.1. The maximum absolute atomic E-state index is 11.7. The van der Waals surface area contributed by atoms with E-state index in [9.17, 15) is 4.79 Å². The van der Waals surface area contributed by atoms with E-state index in [0.717, 1.165) is 35.5 Å². The van der Waals surface area contributed by atoms with E-state index in [1.165, 1.54) is 6.42 Å². The zero-order valence-electron chi connectivity index (χ0n) is 12.3. The number of pyridine rings is 1. The Hall–Kier alpha value is -2.17. The predicted molar refractivity (Wildman–Crippen MR) is 78.2 cm³/mol. The predicted octanol–water partition coefficient (Wildman–Crippen LogP) is 1.80. The van der Waals surface area contributed by atoms with Crippen molar-refractivity contribution < 1.29 is 4.79 Å². The van der Waals surface area contributed by atoms with E-state index in [1.54, 1.807) is 6.20 Å². The fraction of sp³-hybridized carbons (Fsp3) is 0.438. The van der Waals surface area contributed by atoms with Gasteiger partial charge in [-0.1, -0.05) is 6.92 Å². The number of nitrogens with zero attached hydrogens (tertiary/aromatic N) is 3. The molecule has 5 nitrogen and oxygen atoms in total. The molecule has 2 aliphatic rings. The summed E-state index contributed by atoms with van der Waals surface area (Å²) in [7, 11) is 0. The van der Waals surface area contributed by atoms with Crippen molar-refractivity contribution in [1.29, 1.82) is 0 Å². The fourth-order valence-electron chi connectivity index (χ4n) is 3.57. The highest BCUT2D eigenvalue weighted by molar-refractivity contribution is 5.92. The van der Waals surface area contributed by atoms with Gasteiger partial charge in [0, 0.05) is 11.8 Å². The highest BCUT2D eigenvalue weighted by Gasteiger charge is 2.54. The van der Waals surface area contributed by atoms with E-state index in [1.807, 2.05) is 23.7 Å². The molecule has 5 heteroatoms. The Bertz CT molecular complexity index is 764. The molecule has 0 unspecified atom stereocenters. The fourth-order valence-corrected chi connectivity index (χ4v) is 3.57. The summed E-state index contributed by atoms with van der Waals surface area (Å²) in [5.74, 6) is 0.995. The monoisotopic (exact) mass is 282 g/mol. The lowest BCUT2D eigenvalue weighted by atomic mass is 9.87. The van der Waals surface area contributed by atoms with E-state index in [0.29, 0.717) is 17.0 Å². The van der Waals surface area contributed by atoms with Gasteiger partial charge in [0.1, 0.15) is 0 Å². The lowest BCUT2D eigenvalue weighted by Gasteiger charge is -2.19. The summed E-state index contributed by atoms with van der Waals surface area (Å²) in [6, 6.07) is 3.94. The van der Waals surface area contributed by atoms with Gasteiger partial charge in [0.25, 0.3) is 5.91 Å².